The third-order valence-electron chi connectivity index (χ3n) is 4.36. The smallest absolute Gasteiger partial charge is 0.248 e. The SMILES string of the molecule is COCC(C)N1C(=O)C(C)(C)NC(=O)C1(C)C1CC1. The van der Waals surface area contributed by atoms with E-state index >= 15 is 0 Å². The Bertz CT molecular complexity index is 403. The lowest BCUT2D eigenvalue weighted by atomic mass is 9.83. The zero-order chi connectivity index (χ0) is 14.4. The number of methoxy groups -OCH3 is 1. The summed E-state index contributed by atoms with van der Waals surface area (Å²) in [6, 6.07) is -0.103. The third-order valence-corrected chi connectivity index (χ3v) is 4.36. The molecular formula is C14H24N2O3. The maximum atomic E-state index is 12.7. The van der Waals surface area contributed by atoms with Crippen LogP contribution in [0.25, 0.3) is 0 Å². The molecule has 2 aliphatic rings. The van der Waals surface area contributed by atoms with Crippen LogP contribution in [0.5, 0.6) is 0 Å². The van der Waals surface area contributed by atoms with Crippen LogP contribution in [0.3, 0.4) is 0 Å². The van der Waals surface area contributed by atoms with Gasteiger partial charge in [-0.3, -0.25) is 9.59 Å². The van der Waals surface area contributed by atoms with Crippen LogP contribution in [0.2, 0.25) is 0 Å². The fourth-order valence-corrected chi connectivity index (χ4v) is 3.09. The van der Waals surface area contributed by atoms with E-state index in [2.05, 4.69) is 5.32 Å². The zero-order valence-electron chi connectivity index (χ0n) is 12.4. The minimum atomic E-state index is -0.840. The normalized spacial score (nSPS) is 32.2. The summed E-state index contributed by atoms with van der Waals surface area (Å²) < 4.78 is 5.18. The molecule has 1 aliphatic heterocycles. The van der Waals surface area contributed by atoms with Crippen molar-refractivity contribution >= 4 is 11.8 Å². The van der Waals surface area contributed by atoms with Crippen molar-refractivity contribution in [2.45, 2.75) is 57.7 Å². The lowest BCUT2D eigenvalue weighted by molar-refractivity contribution is -0.167. The minimum absolute atomic E-state index is 0.0222. The number of hydrogen-bond acceptors (Lipinski definition) is 3. The molecule has 0 radical (unpaired) electrons. The first kappa shape index (κ1) is 14.3. The summed E-state index contributed by atoms with van der Waals surface area (Å²) in [6.45, 7) is 7.78. The van der Waals surface area contributed by atoms with Gasteiger partial charge >= 0.3 is 0 Å². The van der Waals surface area contributed by atoms with Gasteiger partial charge in [-0.25, -0.2) is 0 Å². The third kappa shape index (κ3) is 2.14. The van der Waals surface area contributed by atoms with Gasteiger partial charge in [0.25, 0.3) is 0 Å². The predicted octanol–water partition coefficient (Wildman–Crippen LogP) is 0.927. The quantitative estimate of drug-likeness (QED) is 0.825. The second kappa shape index (κ2) is 4.47. The van der Waals surface area contributed by atoms with Crippen molar-refractivity contribution in [3.8, 4) is 0 Å². The van der Waals surface area contributed by atoms with Gasteiger partial charge in [0.05, 0.1) is 12.6 Å². The van der Waals surface area contributed by atoms with Gasteiger partial charge in [-0.2, -0.15) is 0 Å². The average Bonchev–Trinajstić information content (AvgIpc) is 3.10. The summed E-state index contributed by atoms with van der Waals surface area (Å²) >= 11 is 0. The Morgan fingerprint density at radius 3 is 2.42 bits per heavy atom. The monoisotopic (exact) mass is 268 g/mol. The molecule has 1 N–H and O–H groups in total. The maximum absolute atomic E-state index is 12.7. The summed E-state index contributed by atoms with van der Waals surface area (Å²) in [4.78, 5) is 27.0. The molecular weight excluding hydrogens is 244 g/mol. The Morgan fingerprint density at radius 2 is 1.95 bits per heavy atom. The number of carbonyl (C=O) groups is 2. The van der Waals surface area contributed by atoms with Crippen molar-refractivity contribution < 1.29 is 14.3 Å². The van der Waals surface area contributed by atoms with E-state index in [1.807, 2.05) is 13.8 Å². The Morgan fingerprint density at radius 1 is 1.37 bits per heavy atom. The van der Waals surface area contributed by atoms with Crippen molar-refractivity contribution in [1.82, 2.24) is 10.2 Å². The first-order valence-corrected chi connectivity index (χ1v) is 6.90. The van der Waals surface area contributed by atoms with Gasteiger partial charge in [0.15, 0.2) is 0 Å². The Hall–Kier alpha value is -1.10. The molecule has 1 heterocycles. The average molecular weight is 268 g/mol. The van der Waals surface area contributed by atoms with Gasteiger partial charge in [0.2, 0.25) is 11.8 Å². The molecule has 108 valence electrons. The van der Waals surface area contributed by atoms with Gasteiger partial charge in [0, 0.05) is 7.11 Å². The fraction of sp³-hybridized carbons (Fsp3) is 0.857. The first-order chi connectivity index (χ1) is 8.75. The van der Waals surface area contributed by atoms with Crippen LogP contribution in [-0.2, 0) is 14.3 Å². The van der Waals surface area contributed by atoms with Crippen LogP contribution in [0.1, 0.15) is 40.5 Å². The molecule has 2 rings (SSSR count). The molecule has 0 aromatic heterocycles. The van der Waals surface area contributed by atoms with Crippen molar-refractivity contribution in [1.29, 1.82) is 0 Å². The van der Waals surface area contributed by atoms with Crippen molar-refractivity contribution in [2.24, 2.45) is 5.92 Å². The summed E-state index contributed by atoms with van der Waals surface area (Å²) in [5.41, 5.74) is -1.57. The summed E-state index contributed by atoms with van der Waals surface area (Å²) in [6.07, 6.45) is 2.02. The Labute approximate surface area is 114 Å². The van der Waals surface area contributed by atoms with Crippen LogP contribution < -0.4 is 5.32 Å². The van der Waals surface area contributed by atoms with E-state index < -0.39 is 11.1 Å². The molecule has 2 amide bonds. The highest BCUT2D eigenvalue weighted by Crippen LogP contribution is 2.46. The summed E-state index contributed by atoms with van der Waals surface area (Å²) in [7, 11) is 1.62. The van der Waals surface area contributed by atoms with Gasteiger partial charge in [-0.05, 0) is 46.5 Å². The highest BCUT2D eigenvalue weighted by atomic mass is 16.5. The number of rotatable bonds is 4. The number of ether oxygens (including phenoxy) is 1. The van der Waals surface area contributed by atoms with Crippen molar-refractivity contribution in [3.63, 3.8) is 0 Å². The molecule has 0 aromatic rings. The van der Waals surface area contributed by atoms with E-state index in [0.29, 0.717) is 6.61 Å². The molecule has 0 bridgehead atoms. The van der Waals surface area contributed by atoms with E-state index in [4.69, 9.17) is 4.74 Å². The standard InChI is InChI=1S/C14H24N2O3/c1-9(8-19-5)16-12(18)13(2,3)15-11(17)14(16,4)10-6-7-10/h9-10H,6-8H2,1-5H3,(H,15,17). The predicted molar refractivity (Wildman–Crippen MR) is 71.5 cm³/mol. The number of amides is 2. The van der Waals surface area contributed by atoms with Crippen LogP contribution in [-0.4, -0.2) is 47.6 Å². The Kier molecular flexibility index (Phi) is 3.37. The largest absolute Gasteiger partial charge is 0.383 e. The molecule has 2 fully saturated rings. The van der Waals surface area contributed by atoms with Gasteiger partial charge in [-0.15, -0.1) is 0 Å². The van der Waals surface area contributed by atoms with Crippen LogP contribution in [0.4, 0.5) is 0 Å². The molecule has 19 heavy (non-hydrogen) atoms. The number of hydrogen-bond donors (Lipinski definition) is 1. The van der Waals surface area contributed by atoms with E-state index in [1.54, 1.807) is 25.9 Å². The lowest BCUT2D eigenvalue weighted by Gasteiger charge is -2.51. The van der Waals surface area contributed by atoms with Crippen LogP contribution >= 0.6 is 0 Å². The molecule has 1 aliphatic carbocycles. The number of nitrogens with one attached hydrogen (secondary N) is 1. The second-order valence-electron chi connectivity index (χ2n) is 6.48. The van der Waals surface area contributed by atoms with Crippen LogP contribution in [0.15, 0.2) is 0 Å². The zero-order valence-corrected chi connectivity index (χ0v) is 12.4. The highest BCUT2D eigenvalue weighted by Gasteiger charge is 2.60. The van der Waals surface area contributed by atoms with Gasteiger partial charge in [-0.1, -0.05) is 0 Å². The van der Waals surface area contributed by atoms with Crippen LogP contribution in [0, 0.1) is 5.92 Å². The van der Waals surface area contributed by atoms with Gasteiger partial charge in [0.1, 0.15) is 11.1 Å². The minimum Gasteiger partial charge on any atom is -0.383 e. The lowest BCUT2D eigenvalue weighted by Crippen LogP contribution is -2.75. The number of piperazine rings is 1. The first-order valence-electron chi connectivity index (χ1n) is 6.90. The van der Waals surface area contributed by atoms with Crippen molar-refractivity contribution in [2.75, 3.05) is 13.7 Å². The number of nitrogens with zero attached hydrogens (tertiary/aromatic N) is 1. The molecule has 0 aromatic carbocycles. The fourth-order valence-electron chi connectivity index (χ4n) is 3.09. The maximum Gasteiger partial charge on any atom is 0.248 e. The molecule has 2 unspecified atom stereocenters. The second-order valence-corrected chi connectivity index (χ2v) is 6.48. The summed E-state index contributed by atoms with van der Waals surface area (Å²) in [5, 5.41) is 2.87. The van der Waals surface area contributed by atoms with E-state index in [1.165, 1.54) is 0 Å². The van der Waals surface area contributed by atoms with Gasteiger partial charge < -0.3 is 15.0 Å². The van der Waals surface area contributed by atoms with E-state index in [-0.39, 0.29) is 23.8 Å². The molecule has 5 nitrogen and oxygen atoms in total. The number of carbonyl (C=O) groups excluding carboxylic acids is 2. The molecule has 5 heteroatoms. The Balaban J connectivity index is 2.39. The molecule has 1 saturated heterocycles. The van der Waals surface area contributed by atoms with E-state index in [9.17, 15) is 9.59 Å². The molecule has 2 atom stereocenters. The summed E-state index contributed by atoms with van der Waals surface area (Å²) in [5.74, 6) is 0.209. The van der Waals surface area contributed by atoms with E-state index in [0.717, 1.165) is 12.8 Å². The van der Waals surface area contributed by atoms with Crippen molar-refractivity contribution in [3.05, 3.63) is 0 Å². The highest BCUT2D eigenvalue weighted by molar-refractivity contribution is 6.02. The molecule has 0 spiro atoms. The molecule has 1 saturated carbocycles. The topological polar surface area (TPSA) is 58.6 Å².